The summed E-state index contributed by atoms with van der Waals surface area (Å²) in [5.74, 6) is -1.53. The van der Waals surface area contributed by atoms with E-state index in [4.69, 9.17) is 4.98 Å². The van der Waals surface area contributed by atoms with Gasteiger partial charge in [-0.25, -0.2) is 18.7 Å². The Labute approximate surface area is 210 Å². The summed E-state index contributed by atoms with van der Waals surface area (Å²) >= 11 is 0. The Morgan fingerprint density at radius 1 is 1.11 bits per heavy atom. The van der Waals surface area contributed by atoms with Crippen molar-refractivity contribution in [1.82, 2.24) is 34.5 Å². The largest absolute Gasteiger partial charge is 0.389 e. The number of halogens is 2. The molecule has 5 aromatic rings. The van der Waals surface area contributed by atoms with E-state index >= 15 is 0 Å². The summed E-state index contributed by atoms with van der Waals surface area (Å²) in [4.78, 5) is 9.37. The second kappa shape index (κ2) is 8.41. The maximum atomic E-state index is 13.7. The lowest BCUT2D eigenvalue weighted by Gasteiger charge is -2.13. The van der Waals surface area contributed by atoms with Crippen LogP contribution >= 0.6 is 0 Å². The zero-order valence-electron chi connectivity index (χ0n) is 20.4. The van der Waals surface area contributed by atoms with Gasteiger partial charge in [0.25, 0.3) is 5.92 Å². The number of hydrogen-bond acceptors (Lipinski definition) is 7. The van der Waals surface area contributed by atoms with E-state index in [9.17, 15) is 13.9 Å². The van der Waals surface area contributed by atoms with Gasteiger partial charge in [-0.1, -0.05) is 6.07 Å². The minimum atomic E-state index is -2.74. The van der Waals surface area contributed by atoms with Crippen molar-refractivity contribution < 1.29 is 13.9 Å². The van der Waals surface area contributed by atoms with Crippen molar-refractivity contribution in [3.05, 3.63) is 71.9 Å². The Morgan fingerprint density at radius 2 is 1.92 bits per heavy atom. The number of aromatic nitrogens is 7. The van der Waals surface area contributed by atoms with Crippen LogP contribution in [0.25, 0.3) is 28.1 Å². The van der Waals surface area contributed by atoms with Gasteiger partial charge in [-0.2, -0.15) is 10.2 Å². The fourth-order valence-corrected chi connectivity index (χ4v) is 4.39. The van der Waals surface area contributed by atoms with Gasteiger partial charge in [0.1, 0.15) is 18.2 Å². The van der Waals surface area contributed by atoms with Gasteiger partial charge < -0.3 is 10.4 Å². The van der Waals surface area contributed by atoms with Crippen LogP contribution in [0.4, 0.5) is 20.3 Å². The molecule has 6 rings (SSSR count). The van der Waals surface area contributed by atoms with E-state index in [1.165, 1.54) is 4.68 Å². The van der Waals surface area contributed by atoms with Crippen LogP contribution in [0.3, 0.4) is 0 Å². The molecule has 0 bridgehead atoms. The number of aliphatic hydroxyl groups is 1. The number of rotatable bonds is 6. The first kappa shape index (κ1) is 23.2. The lowest BCUT2D eigenvalue weighted by molar-refractivity contribution is 0.0983. The van der Waals surface area contributed by atoms with Gasteiger partial charge in [-0.05, 0) is 57.2 Å². The quantitative estimate of drug-likeness (QED) is 0.334. The molecule has 2 N–H and O–H groups in total. The zero-order valence-corrected chi connectivity index (χ0v) is 20.4. The highest BCUT2D eigenvalue weighted by Gasteiger charge is 2.59. The van der Waals surface area contributed by atoms with Crippen LogP contribution in [0.15, 0.2) is 55.0 Å². The summed E-state index contributed by atoms with van der Waals surface area (Å²) in [6.45, 7) is 5.28. The molecule has 0 spiro atoms. The van der Waals surface area contributed by atoms with Crippen LogP contribution in [-0.2, 0) is 0 Å². The van der Waals surface area contributed by atoms with Crippen molar-refractivity contribution in [3.63, 3.8) is 0 Å². The van der Waals surface area contributed by atoms with Crippen LogP contribution in [-0.4, -0.2) is 45.5 Å². The minimum Gasteiger partial charge on any atom is -0.389 e. The number of benzene rings is 1. The third kappa shape index (κ3) is 4.20. The second-order valence-electron chi connectivity index (χ2n) is 9.38. The number of aliphatic hydroxyl groups excluding tert-OH is 1. The van der Waals surface area contributed by atoms with Gasteiger partial charge in [0.05, 0.1) is 34.2 Å². The van der Waals surface area contributed by atoms with Gasteiger partial charge in [-0.3, -0.25) is 9.25 Å². The summed E-state index contributed by atoms with van der Waals surface area (Å²) in [7, 11) is 0. The number of alkyl halides is 2. The predicted octanol–water partition coefficient (Wildman–Crippen LogP) is 5.07. The first-order chi connectivity index (χ1) is 17.7. The molecule has 11 heteroatoms. The lowest BCUT2D eigenvalue weighted by Crippen LogP contribution is -2.03. The summed E-state index contributed by atoms with van der Waals surface area (Å²) < 4.78 is 30.5. The maximum Gasteiger partial charge on any atom is 0.272 e. The molecular weight excluding hydrogens is 478 g/mol. The molecule has 2 atom stereocenters. The van der Waals surface area contributed by atoms with Gasteiger partial charge in [0.15, 0.2) is 5.82 Å². The predicted molar refractivity (Wildman–Crippen MR) is 134 cm³/mol. The summed E-state index contributed by atoms with van der Waals surface area (Å²) in [5, 5.41) is 26.1. The highest BCUT2D eigenvalue weighted by molar-refractivity contribution is 5.82. The molecule has 1 aliphatic carbocycles. The van der Waals surface area contributed by atoms with Crippen LogP contribution in [0, 0.1) is 13.8 Å². The standard InChI is InChI=1S/C26H24F2N8O/c1-14-4-8-23(33-32-14)30-17-5-7-21-20(10-17)29-13-35(21)24-9-6-18(16(3)37)25(31-24)19-12-36(34-15(19)2)22-11-26(22,27)28/h4-10,12-13,16,22,37H,11H2,1-3H3,(H,30,33). The topological polar surface area (TPSA) is 107 Å². The Kier molecular flexibility index (Phi) is 5.27. The van der Waals surface area contributed by atoms with Gasteiger partial charge >= 0.3 is 0 Å². The molecule has 4 heterocycles. The van der Waals surface area contributed by atoms with Crippen LogP contribution < -0.4 is 5.32 Å². The van der Waals surface area contributed by atoms with Crippen molar-refractivity contribution in [1.29, 1.82) is 0 Å². The molecule has 4 aromatic heterocycles. The van der Waals surface area contributed by atoms with E-state index in [0.29, 0.717) is 34.2 Å². The molecule has 0 radical (unpaired) electrons. The van der Waals surface area contributed by atoms with E-state index in [2.05, 4.69) is 25.6 Å². The summed E-state index contributed by atoms with van der Waals surface area (Å²) in [6.07, 6.45) is 2.24. The molecule has 0 saturated heterocycles. The number of imidazole rings is 1. The van der Waals surface area contributed by atoms with Crippen molar-refractivity contribution in [2.45, 2.75) is 45.3 Å². The molecule has 188 valence electrons. The van der Waals surface area contributed by atoms with Crippen LogP contribution in [0.2, 0.25) is 0 Å². The molecule has 1 aromatic carbocycles. The summed E-state index contributed by atoms with van der Waals surface area (Å²) in [6, 6.07) is 12.1. The first-order valence-electron chi connectivity index (χ1n) is 11.9. The van der Waals surface area contributed by atoms with E-state index in [1.54, 1.807) is 38.5 Å². The Hall–Kier alpha value is -4.25. The average Bonchev–Trinajstić information content (AvgIpc) is 3.18. The molecule has 1 saturated carbocycles. The third-order valence-electron chi connectivity index (χ3n) is 6.51. The maximum absolute atomic E-state index is 13.7. The Bertz CT molecular complexity index is 1620. The number of fused-ring (bicyclic) bond motifs is 1. The molecule has 1 fully saturated rings. The van der Waals surface area contributed by atoms with Gasteiger partial charge in [0, 0.05) is 29.4 Å². The molecule has 0 amide bonds. The van der Waals surface area contributed by atoms with Crippen molar-refractivity contribution in [2.75, 3.05) is 5.32 Å². The first-order valence-corrected chi connectivity index (χ1v) is 11.9. The number of pyridine rings is 1. The fraction of sp³-hybridized carbons (Fsp3) is 0.269. The SMILES string of the molecule is Cc1ccc(Nc2ccc3c(c2)ncn3-c2ccc(C(C)O)c(-c3cn(C4CC4(F)F)nc3C)n2)nn1. The van der Waals surface area contributed by atoms with Crippen molar-refractivity contribution >= 4 is 22.5 Å². The lowest BCUT2D eigenvalue weighted by atomic mass is 10.0. The van der Waals surface area contributed by atoms with Gasteiger partial charge in [0.2, 0.25) is 0 Å². The zero-order chi connectivity index (χ0) is 25.9. The fourth-order valence-electron chi connectivity index (χ4n) is 4.39. The van der Waals surface area contributed by atoms with Crippen molar-refractivity contribution in [2.24, 2.45) is 0 Å². The van der Waals surface area contributed by atoms with E-state index in [-0.39, 0.29) is 6.42 Å². The van der Waals surface area contributed by atoms with Gasteiger partial charge in [-0.15, -0.1) is 5.10 Å². The van der Waals surface area contributed by atoms with Crippen LogP contribution in [0.5, 0.6) is 0 Å². The number of aryl methyl sites for hydroxylation is 2. The number of nitrogens with one attached hydrogen (secondary N) is 1. The molecule has 0 aliphatic heterocycles. The normalized spacial score (nSPS) is 17.2. The molecule has 37 heavy (non-hydrogen) atoms. The Morgan fingerprint density at radius 3 is 2.62 bits per heavy atom. The van der Waals surface area contributed by atoms with E-state index < -0.39 is 18.1 Å². The number of anilines is 2. The minimum absolute atomic E-state index is 0.224. The molecule has 9 nitrogen and oxygen atoms in total. The van der Waals surface area contributed by atoms with Crippen LogP contribution in [0.1, 0.15) is 42.4 Å². The monoisotopic (exact) mass is 502 g/mol. The molecule has 1 aliphatic rings. The third-order valence-corrected chi connectivity index (χ3v) is 6.51. The average molecular weight is 503 g/mol. The highest BCUT2D eigenvalue weighted by Crippen LogP contribution is 2.52. The molecular formula is C26H24F2N8O. The Balaban J connectivity index is 1.37. The number of nitrogens with zero attached hydrogens (tertiary/aromatic N) is 7. The van der Waals surface area contributed by atoms with Crippen molar-refractivity contribution in [3.8, 4) is 17.1 Å². The number of hydrogen-bond donors (Lipinski definition) is 2. The summed E-state index contributed by atoms with van der Waals surface area (Å²) in [5.41, 5.74) is 5.48. The molecule has 2 unspecified atom stereocenters. The van der Waals surface area contributed by atoms with E-state index in [1.807, 2.05) is 41.8 Å². The second-order valence-corrected chi connectivity index (χ2v) is 9.38. The van der Waals surface area contributed by atoms with E-state index in [0.717, 1.165) is 22.4 Å². The smallest absolute Gasteiger partial charge is 0.272 e. The highest BCUT2D eigenvalue weighted by atomic mass is 19.3.